The predicted molar refractivity (Wildman–Crippen MR) is 109 cm³/mol. The van der Waals surface area contributed by atoms with Crippen molar-refractivity contribution in [2.75, 3.05) is 13.1 Å². The van der Waals surface area contributed by atoms with Crippen molar-refractivity contribution in [2.45, 2.75) is 70.1 Å². The number of hydrogen-bond acceptors (Lipinski definition) is 4. The van der Waals surface area contributed by atoms with E-state index >= 15 is 0 Å². The number of morpholine rings is 1. The Labute approximate surface area is 168 Å². The number of nitrogens with one attached hydrogen (secondary N) is 1. The zero-order valence-electron chi connectivity index (χ0n) is 17.2. The van der Waals surface area contributed by atoms with E-state index in [1.165, 1.54) is 16.8 Å². The number of ether oxygens (including phenoxy) is 1. The minimum atomic E-state index is -3.66. The molecule has 156 valence electrons. The average molecular weight is 409 g/mol. The van der Waals surface area contributed by atoms with Gasteiger partial charge in [0, 0.05) is 24.7 Å². The summed E-state index contributed by atoms with van der Waals surface area (Å²) in [5, 5.41) is 3.12. The maximum Gasteiger partial charge on any atom is 0.251 e. The van der Waals surface area contributed by atoms with Crippen molar-refractivity contribution >= 4 is 15.9 Å². The van der Waals surface area contributed by atoms with Gasteiger partial charge < -0.3 is 10.1 Å². The van der Waals surface area contributed by atoms with Gasteiger partial charge in [-0.25, -0.2) is 8.42 Å². The first-order valence-corrected chi connectivity index (χ1v) is 11.7. The van der Waals surface area contributed by atoms with Crippen LogP contribution in [-0.4, -0.2) is 50.0 Å². The van der Waals surface area contributed by atoms with Gasteiger partial charge in [-0.3, -0.25) is 4.79 Å². The van der Waals surface area contributed by atoms with Gasteiger partial charge in [-0.2, -0.15) is 4.31 Å². The van der Waals surface area contributed by atoms with E-state index < -0.39 is 10.0 Å². The molecule has 7 heteroatoms. The molecular formula is C21H32N2O4S. The molecule has 0 unspecified atom stereocenters. The minimum absolute atomic E-state index is 0.137. The number of hydrogen-bond donors (Lipinski definition) is 1. The zero-order valence-corrected chi connectivity index (χ0v) is 18.0. The van der Waals surface area contributed by atoms with Crippen molar-refractivity contribution < 1.29 is 17.9 Å². The summed E-state index contributed by atoms with van der Waals surface area (Å²) in [7, 11) is -3.66. The molecule has 1 saturated carbocycles. The Morgan fingerprint density at radius 1 is 1.11 bits per heavy atom. The van der Waals surface area contributed by atoms with Crippen LogP contribution in [0.1, 0.15) is 57.3 Å². The van der Waals surface area contributed by atoms with Crippen LogP contribution in [0.5, 0.6) is 0 Å². The highest BCUT2D eigenvalue weighted by Gasteiger charge is 2.33. The van der Waals surface area contributed by atoms with E-state index in [0.717, 1.165) is 12.8 Å². The molecule has 0 radical (unpaired) electrons. The molecule has 6 nitrogen and oxygen atoms in total. The Bertz CT molecular complexity index is 800. The van der Waals surface area contributed by atoms with Crippen LogP contribution < -0.4 is 5.32 Å². The van der Waals surface area contributed by atoms with Crippen LogP contribution in [0.25, 0.3) is 0 Å². The Balaban J connectivity index is 1.77. The molecule has 0 aromatic heterocycles. The van der Waals surface area contributed by atoms with Gasteiger partial charge in [-0.15, -0.1) is 0 Å². The monoisotopic (exact) mass is 408 g/mol. The average Bonchev–Trinajstić information content (AvgIpc) is 2.64. The summed E-state index contributed by atoms with van der Waals surface area (Å²) in [4.78, 5) is 12.9. The van der Waals surface area contributed by atoms with Crippen LogP contribution in [0.4, 0.5) is 0 Å². The molecule has 5 atom stereocenters. The zero-order chi connectivity index (χ0) is 20.5. The number of nitrogens with zero attached hydrogens (tertiary/aromatic N) is 1. The second kappa shape index (κ2) is 8.51. The molecule has 1 aromatic rings. The molecule has 1 aliphatic carbocycles. The standard InChI is InChI=1S/C21H32N2O4S/c1-14-7-5-10-20(17(14)4)22-21(24)18-8-6-9-19(11-18)28(25,26)23-12-15(2)27-16(3)13-23/h6,8-9,11,14-17,20H,5,7,10,12-13H2,1-4H3,(H,22,24)/t14-,15+,16+,17-,20+/m0/s1. The molecule has 1 saturated heterocycles. The lowest BCUT2D eigenvalue weighted by Gasteiger charge is -2.35. The van der Waals surface area contributed by atoms with Crippen LogP contribution >= 0.6 is 0 Å². The van der Waals surface area contributed by atoms with Crippen molar-refractivity contribution in [1.82, 2.24) is 9.62 Å². The molecule has 1 aromatic carbocycles. The highest BCUT2D eigenvalue weighted by molar-refractivity contribution is 7.89. The topological polar surface area (TPSA) is 75.7 Å². The van der Waals surface area contributed by atoms with Gasteiger partial charge in [-0.1, -0.05) is 32.8 Å². The number of carbonyl (C=O) groups is 1. The first kappa shape index (κ1) is 21.3. The molecule has 3 rings (SSSR count). The Kier molecular flexibility index (Phi) is 6.47. The SMILES string of the molecule is C[C@H]1[C@@H](C)CCC[C@H]1NC(=O)c1cccc(S(=O)(=O)N2C[C@@H](C)O[C@H](C)C2)c1. The highest BCUT2D eigenvalue weighted by atomic mass is 32.2. The molecule has 1 aliphatic heterocycles. The smallest absolute Gasteiger partial charge is 0.251 e. The molecule has 0 bridgehead atoms. The fourth-order valence-corrected chi connectivity index (χ4v) is 5.95. The van der Waals surface area contributed by atoms with Crippen LogP contribution in [-0.2, 0) is 14.8 Å². The lowest BCUT2D eigenvalue weighted by Crippen LogP contribution is -2.48. The Morgan fingerprint density at radius 3 is 2.46 bits per heavy atom. The fourth-order valence-electron chi connectivity index (χ4n) is 4.31. The second-order valence-corrected chi connectivity index (χ2v) is 10.4. The lowest BCUT2D eigenvalue weighted by atomic mass is 9.78. The van der Waals surface area contributed by atoms with Crippen molar-refractivity contribution in [2.24, 2.45) is 11.8 Å². The predicted octanol–water partition coefficient (Wildman–Crippen LogP) is 3.04. The molecular weight excluding hydrogens is 376 g/mol. The van der Waals surface area contributed by atoms with Gasteiger partial charge in [0.1, 0.15) is 0 Å². The van der Waals surface area contributed by atoms with Crippen molar-refractivity contribution in [3.63, 3.8) is 0 Å². The summed E-state index contributed by atoms with van der Waals surface area (Å²) in [6.45, 7) is 8.78. The first-order valence-electron chi connectivity index (χ1n) is 10.2. The molecule has 1 N–H and O–H groups in total. The Morgan fingerprint density at radius 2 is 1.79 bits per heavy atom. The van der Waals surface area contributed by atoms with E-state index in [1.54, 1.807) is 18.2 Å². The lowest BCUT2D eigenvalue weighted by molar-refractivity contribution is -0.0440. The summed E-state index contributed by atoms with van der Waals surface area (Å²) in [5.41, 5.74) is 0.390. The number of sulfonamides is 1. The summed E-state index contributed by atoms with van der Waals surface area (Å²) in [6, 6.07) is 6.50. The van der Waals surface area contributed by atoms with Gasteiger partial charge in [0.25, 0.3) is 5.91 Å². The van der Waals surface area contributed by atoms with Gasteiger partial charge >= 0.3 is 0 Å². The maximum absolute atomic E-state index is 13.1. The van der Waals surface area contributed by atoms with Gasteiger partial charge in [-0.05, 0) is 50.3 Å². The molecule has 2 fully saturated rings. The summed E-state index contributed by atoms with van der Waals surface area (Å²) < 4.78 is 33.2. The second-order valence-electron chi connectivity index (χ2n) is 8.45. The van der Waals surface area contributed by atoms with Gasteiger partial charge in [0.2, 0.25) is 10.0 Å². The molecule has 0 spiro atoms. The number of carbonyl (C=O) groups excluding carboxylic acids is 1. The van der Waals surface area contributed by atoms with Crippen LogP contribution in [0.15, 0.2) is 29.2 Å². The third-order valence-electron chi connectivity index (χ3n) is 6.14. The van der Waals surface area contributed by atoms with Crippen molar-refractivity contribution in [3.05, 3.63) is 29.8 Å². The van der Waals surface area contributed by atoms with E-state index in [2.05, 4.69) is 19.2 Å². The van der Waals surface area contributed by atoms with Crippen LogP contribution in [0.2, 0.25) is 0 Å². The van der Waals surface area contributed by atoms with E-state index in [9.17, 15) is 13.2 Å². The van der Waals surface area contributed by atoms with E-state index in [4.69, 9.17) is 4.74 Å². The normalized spacial score (nSPS) is 32.1. The van der Waals surface area contributed by atoms with Crippen molar-refractivity contribution in [3.8, 4) is 0 Å². The minimum Gasteiger partial charge on any atom is -0.373 e. The van der Waals surface area contributed by atoms with Gasteiger partial charge in [0.15, 0.2) is 0 Å². The third-order valence-corrected chi connectivity index (χ3v) is 7.97. The van der Waals surface area contributed by atoms with E-state index in [0.29, 0.717) is 30.5 Å². The fraction of sp³-hybridized carbons (Fsp3) is 0.667. The highest BCUT2D eigenvalue weighted by Crippen LogP contribution is 2.30. The summed E-state index contributed by atoms with van der Waals surface area (Å²) in [5.74, 6) is 0.795. The maximum atomic E-state index is 13.1. The van der Waals surface area contributed by atoms with Crippen LogP contribution in [0, 0.1) is 11.8 Å². The molecule has 2 aliphatic rings. The molecule has 28 heavy (non-hydrogen) atoms. The third kappa shape index (κ3) is 4.58. The van der Waals surface area contributed by atoms with Crippen LogP contribution in [0.3, 0.4) is 0 Å². The largest absolute Gasteiger partial charge is 0.373 e. The summed E-state index contributed by atoms with van der Waals surface area (Å²) >= 11 is 0. The number of benzene rings is 1. The summed E-state index contributed by atoms with van der Waals surface area (Å²) in [6.07, 6.45) is 2.97. The number of amides is 1. The van der Waals surface area contributed by atoms with E-state index in [-0.39, 0.29) is 29.1 Å². The number of rotatable bonds is 4. The Hall–Kier alpha value is -1.44. The van der Waals surface area contributed by atoms with Crippen molar-refractivity contribution in [1.29, 1.82) is 0 Å². The quantitative estimate of drug-likeness (QED) is 0.831. The molecule has 1 heterocycles. The first-order chi connectivity index (χ1) is 13.2. The van der Waals surface area contributed by atoms with Gasteiger partial charge in [0.05, 0.1) is 17.1 Å². The van der Waals surface area contributed by atoms with E-state index in [1.807, 2.05) is 13.8 Å². The molecule has 1 amide bonds.